The van der Waals surface area contributed by atoms with E-state index in [0.29, 0.717) is 35.1 Å². The first-order valence-electron chi connectivity index (χ1n) is 10.6. The van der Waals surface area contributed by atoms with E-state index in [1.54, 1.807) is 12.1 Å². The fraction of sp³-hybridized carbons (Fsp3) is 0.154. The van der Waals surface area contributed by atoms with Crippen molar-refractivity contribution in [3.8, 4) is 11.5 Å². The summed E-state index contributed by atoms with van der Waals surface area (Å²) in [4.78, 5) is 23.8. The number of benzene rings is 3. The summed E-state index contributed by atoms with van der Waals surface area (Å²) in [6, 6.07) is 20.6. The van der Waals surface area contributed by atoms with Crippen LogP contribution in [0.5, 0.6) is 11.5 Å². The van der Waals surface area contributed by atoms with Crippen molar-refractivity contribution in [3.05, 3.63) is 88.4 Å². The minimum Gasteiger partial charge on any atom is -0.457 e. The van der Waals surface area contributed by atoms with Gasteiger partial charge in [0, 0.05) is 16.8 Å². The van der Waals surface area contributed by atoms with Gasteiger partial charge >= 0.3 is 0 Å². The molecule has 2 amide bonds. The smallest absolute Gasteiger partial charge is 0.256 e. The molecule has 5 rings (SSSR count). The fourth-order valence-corrected chi connectivity index (χ4v) is 4.18. The summed E-state index contributed by atoms with van der Waals surface area (Å²) >= 11 is 6.49. The molecule has 1 fully saturated rings. The van der Waals surface area contributed by atoms with Crippen LogP contribution >= 0.6 is 11.6 Å². The van der Waals surface area contributed by atoms with E-state index in [-0.39, 0.29) is 24.5 Å². The molecular formula is C26H21ClN2O4. The average molecular weight is 461 g/mol. The van der Waals surface area contributed by atoms with Crippen LogP contribution in [0.4, 0.5) is 5.69 Å². The Kier molecular flexibility index (Phi) is 5.86. The highest BCUT2D eigenvalue weighted by molar-refractivity contribution is 6.37. The Balaban J connectivity index is 1.27. The van der Waals surface area contributed by atoms with Crippen molar-refractivity contribution < 1.29 is 19.1 Å². The molecule has 1 saturated heterocycles. The predicted molar refractivity (Wildman–Crippen MR) is 127 cm³/mol. The summed E-state index contributed by atoms with van der Waals surface area (Å²) in [7, 11) is 0. The number of hydrogen-bond acceptors (Lipinski definition) is 4. The van der Waals surface area contributed by atoms with E-state index < -0.39 is 0 Å². The number of nitrogens with one attached hydrogen (secondary N) is 2. The van der Waals surface area contributed by atoms with Crippen molar-refractivity contribution in [1.82, 2.24) is 5.32 Å². The maximum atomic E-state index is 12.3. The van der Waals surface area contributed by atoms with Gasteiger partial charge in [-0.1, -0.05) is 41.9 Å². The van der Waals surface area contributed by atoms with E-state index in [1.165, 1.54) is 0 Å². The second kappa shape index (κ2) is 9.10. The number of morpholine rings is 1. The zero-order valence-corrected chi connectivity index (χ0v) is 18.4. The Morgan fingerprint density at radius 3 is 2.61 bits per heavy atom. The standard InChI is InChI=1S/C26H21ClN2O4/c27-23-13-20(10-7-17(23)12-22-21-3-1-2-4-24(21)29-26(22)31)33-19-8-5-16(6-9-19)11-18-14-32-15-25(30)28-18/h1-10,12-13,18H,11,14-15H2,(H,28,30)(H,29,31). The fourth-order valence-electron chi connectivity index (χ4n) is 3.96. The molecule has 3 aromatic carbocycles. The maximum absolute atomic E-state index is 12.3. The van der Waals surface area contributed by atoms with Gasteiger partial charge in [-0.05, 0) is 60.0 Å². The van der Waals surface area contributed by atoms with E-state index in [2.05, 4.69) is 10.6 Å². The van der Waals surface area contributed by atoms with Crippen LogP contribution in [0.25, 0.3) is 11.6 Å². The van der Waals surface area contributed by atoms with Gasteiger partial charge in [-0.3, -0.25) is 9.59 Å². The van der Waals surface area contributed by atoms with Crippen LogP contribution in [0.15, 0.2) is 66.7 Å². The third-order valence-electron chi connectivity index (χ3n) is 5.54. The Bertz CT molecular complexity index is 1250. The van der Waals surface area contributed by atoms with Crippen molar-refractivity contribution in [2.75, 3.05) is 18.5 Å². The van der Waals surface area contributed by atoms with Crippen LogP contribution < -0.4 is 15.4 Å². The highest BCUT2D eigenvalue weighted by atomic mass is 35.5. The van der Waals surface area contributed by atoms with Gasteiger partial charge in [-0.15, -0.1) is 0 Å². The molecule has 2 heterocycles. The number of halogens is 1. The molecule has 166 valence electrons. The van der Waals surface area contributed by atoms with Crippen molar-refractivity contribution >= 4 is 40.8 Å². The molecule has 33 heavy (non-hydrogen) atoms. The number of fused-ring (bicyclic) bond motifs is 1. The van der Waals surface area contributed by atoms with Crippen molar-refractivity contribution in [2.24, 2.45) is 0 Å². The van der Waals surface area contributed by atoms with Crippen LogP contribution in [0.2, 0.25) is 5.02 Å². The number of anilines is 1. The van der Waals surface area contributed by atoms with Crippen molar-refractivity contribution in [3.63, 3.8) is 0 Å². The highest BCUT2D eigenvalue weighted by Crippen LogP contribution is 2.35. The molecule has 1 atom stereocenters. The van der Waals surface area contributed by atoms with Gasteiger partial charge in [0.1, 0.15) is 18.1 Å². The van der Waals surface area contributed by atoms with E-state index >= 15 is 0 Å². The molecule has 1 unspecified atom stereocenters. The van der Waals surface area contributed by atoms with E-state index in [9.17, 15) is 9.59 Å². The van der Waals surface area contributed by atoms with E-state index in [0.717, 1.165) is 22.4 Å². The lowest BCUT2D eigenvalue weighted by Crippen LogP contribution is -2.46. The summed E-state index contributed by atoms with van der Waals surface area (Å²) in [6.07, 6.45) is 2.48. The quantitative estimate of drug-likeness (QED) is 0.542. The Morgan fingerprint density at radius 2 is 1.82 bits per heavy atom. The summed E-state index contributed by atoms with van der Waals surface area (Å²) in [5, 5.41) is 6.27. The van der Waals surface area contributed by atoms with Crippen LogP contribution in [0.3, 0.4) is 0 Å². The second-order valence-corrected chi connectivity index (χ2v) is 8.38. The number of rotatable bonds is 5. The van der Waals surface area contributed by atoms with Gasteiger partial charge in [-0.2, -0.15) is 0 Å². The van der Waals surface area contributed by atoms with Crippen molar-refractivity contribution in [1.29, 1.82) is 0 Å². The number of para-hydroxylation sites is 1. The SMILES string of the molecule is O=C1COCC(Cc2ccc(Oc3ccc(C=C4C(=O)Nc5ccccc54)c(Cl)c3)cc2)N1. The lowest BCUT2D eigenvalue weighted by atomic mass is 10.0. The second-order valence-electron chi connectivity index (χ2n) is 7.97. The van der Waals surface area contributed by atoms with Gasteiger partial charge in [-0.25, -0.2) is 0 Å². The Labute approximate surface area is 196 Å². The Morgan fingerprint density at radius 1 is 1.03 bits per heavy atom. The number of ether oxygens (including phenoxy) is 2. The first-order valence-corrected chi connectivity index (χ1v) is 11.0. The normalized spacial score (nSPS) is 18.6. The molecule has 0 saturated carbocycles. The third kappa shape index (κ3) is 4.77. The Hall–Kier alpha value is -3.61. The molecular weight excluding hydrogens is 440 g/mol. The summed E-state index contributed by atoms with van der Waals surface area (Å²) in [5.41, 5.74) is 4.05. The molecule has 3 aromatic rings. The number of hydrogen-bond donors (Lipinski definition) is 2. The maximum Gasteiger partial charge on any atom is 0.256 e. The third-order valence-corrected chi connectivity index (χ3v) is 5.87. The first-order chi connectivity index (χ1) is 16.0. The van der Waals surface area contributed by atoms with Crippen LogP contribution in [0.1, 0.15) is 16.7 Å². The monoisotopic (exact) mass is 460 g/mol. The molecule has 2 N–H and O–H groups in total. The van der Waals surface area contributed by atoms with Gasteiger partial charge in [0.25, 0.3) is 5.91 Å². The zero-order chi connectivity index (χ0) is 22.8. The first kappa shape index (κ1) is 21.2. The average Bonchev–Trinajstić information content (AvgIpc) is 3.12. The number of carbonyl (C=O) groups excluding carboxylic acids is 2. The number of carbonyl (C=O) groups is 2. The minimum atomic E-state index is -0.146. The topological polar surface area (TPSA) is 76.7 Å². The van der Waals surface area contributed by atoms with Gasteiger partial charge < -0.3 is 20.1 Å². The number of amides is 2. The van der Waals surface area contributed by atoms with Crippen LogP contribution in [-0.2, 0) is 20.7 Å². The van der Waals surface area contributed by atoms with Gasteiger partial charge in [0.15, 0.2) is 0 Å². The predicted octanol–water partition coefficient (Wildman–Crippen LogP) is 4.68. The molecule has 0 aromatic heterocycles. The molecule has 0 bridgehead atoms. The molecule has 0 aliphatic carbocycles. The lowest BCUT2D eigenvalue weighted by molar-refractivity contribution is -0.131. The molecule has 2 aliphatic heterocycles. The highest BCUT2D eigenvalue weighted by Gasteiger charge is 2.23. The largest absolute Gasteiger partial charge is 0.457 e. The zero-order valence-electron chi connectivity index (χ0n) is 17.6. The van der Waals surface area contributed by atoms with E-state index in [4.69, 9.17) is 21.1 Å². The molecule has 0 spiro atoms. The van der Waals surface area contributed by atoms with Crippen LogP contribution in [0, 0.1) is 0 Å². The lowest BCUT2D eigenvalue weighted by Gasteiger charge is -2.23. The molecule has 7 heteroatoms. The van der Waals surface area contributed by atoms with Gasteiger partial charge in [0.2, 0.25) is 5.91 Å². The molecule has 6 nitrogen and oxygen atoms in total. The van der Waals surface area contributed by atoms with Crippen LogP contribution in [-0.4, -0.2) is 31.1 Å². The summed E-state index contributed by atoms with van der Waals surface area (Å²) in [6.45, 7) is 0.639. The summed E-state index contributed by atoms with van der Waals surface area (Å²) < 4.78 is 11.2. The minimum absolute atomic E-state index is 0.0209. The van der Waals surface area contributed by atoms with Crippen molar-refractivity contribution in [2.45, 2.75) is 12.5 Å². The molecule has 0 radical (unpaired) electrons. The summed E-state index contributed by atoms with van der Waals surface area (Å²) in [5.74, 6) is 1.04. The molecule has 2 aliphatic rings. The van der Waals surface area contributed by atoms with E-state index in [1.807, 2.05) is 60.7 Å². The van der Waals surface area contributed by atoms with Gasteiger partial charge in [0.05, 0.1) is 17.7 Å².